The van der Waals surface area contributed by atoms with E-state index in [1.807, 2.05) is 70.3 Å². The predicted octanol–water partition coefficient (Wildman–Crippen LogP) is 7.22. The fraction of sp³-hybridized carbons (Fsp3) is 0.463. The Balaban J connectivity index is 1.14. The number of alkyl carbamates (subject to hydrolysis) is 2. The number of hydrogen-bond acceptors (Lipinski definition) is 9. The van der Waals surface area contributed by atoms with Crippen LogP contribution < -0.4 is 10.6 Å². The molecular formula is C41H51ClN8O6S. The van der Waals surface area contributed by atoms with E-state index in [1.54, 1.807) is 27.8 Å². The van der Waals surface area contributed by atoms with Crippen molar-refractivity contribution in [3.05, 3.63) is 71.5 Å². The second-order valence-corrected chi connectivity index (χ2v) is 16.6. The lowest BCUT2D eigenvalue weighted by atomic mass is 10.0. The van der Waals surface area contributed by atoms with Crippen LogP contribution in [0.4, 0.5) is 9.59 Å². The van der Waals surface area contributed by atoms with E-state index in [4.69, 9.17) is 26.1 Å². The second-order valence-electron chi connectivity index (χ2n) is 15.1. The molecule has 2 aromatic heterocycles. The van der Waals surface area contributed by atoms with E-state index in [9.17, 15) is 19.2 Å². The van der Waals surface area contributed by atoms with Crippen molar-refractivity contribution in [1.82, 2.24) is 40.4 Å². The summed E-state index contributed by atoms with van der Waals surface area (Å²) < 4.78 is 9.54. The number of aromatic nitrogens is 4. The van der Waals surface area contributed by atoms with E-state index >= 15 is 0 Å². The van der Waals surface area contributed by atoms with Gasteiger partial charge in [0.1, 0.15) is 34.6 Å². The van der Waals surface area contributed by atoms with Crippen molar-refractivity contribution < 1.29 is 28.7 Å². The number of likely N-dealkylation sites (tertiary alicyclic amines) is 2. The maximum absolute atomic E-state index is 13.8. The Hall–Kier alpha value is -5.02. The molecule has 4 heterocycles. The fourth-order valence-electron chi connectivity index (χ4n) is 7.58. The Morgan fingerprint density at radius 2 is 1.33 bits per heavy atom. The molecule has 4 aromatic rings. The van der Waals surface area contributed by atoms with Crippen LogP contribution in [-0.4, -0.2) is 105 Å². The quantitative estimate of drug-likeness (QED) is 0.115. The monoisotopic (exact) mass is 818 g/mol. The molecule has 2 aliphatic rings. The van der Waals surface area contributed by atoms with Gasteiger partial charge in [-0.2, -0.15) is 11.8 Å². The van der Waals surface area contributed by atoms with Gasteiger partial charge in [0.2, 0.25) is 11.8 Å². The zero-order valence-corrected chi connectivity index (χ0v) is 34.9. The molecule has 57 heavy (non-hydrogen) atoms. The number of benzene rings is 2. The number of hydrogen-bond donors (Lipinski definition) is 4. The van der Waals surface area contributed by atoms with Crippen LogP contribution in [0.5, 0.6) is 0 Å². The number of imidazole rings is 2. The second kappa shape index (κ2) is 18.1. The zero-order chi connectivity index (χ0) is 41.0. The molecule has 2 aliphatic heterocycles. The largest absolute Gasteiger partial charge is 0.453 e. The Bertz CT molecular complexity index is 2050. The minimum Gasteiger partial charge on any atom is -0.453 e. The summed E-state index contributed by atoms with van der Waals surface area (Å²) >= 11 is 8.45. The van der Waals surface area contributed by atoms with Gasteiger partial charge in [-0.3, -0.25) is 9.59 Å². The summed E-state index contributed by atoms with van der Waals surface area (Å²) in [6, 6.07) is 14.2. The van der Waals surface area contributed by atoms with Crippen LogP contribution in [0.2, 0.25) is 5.15 Å². The van der Waals surface area contributed by atoms with Crippen LogP contribution in [0.25, 0.3) is 33.6 Å². The number of nitrogens with one attached hydrogen (secondary N) is 4. The van der Waals surface area contributed by atoms with Gasteiger partial charge >= 0.3 is 12.2 Å². The van der Waals surface area contributed by atoms with Gasteiger partial charge in [-0.25, -0.2) is 19.6 Å². The summed E-state index contributed by atoms with van der Waals surface area (Å²) in [5.41, 5.74) is 5.26. The molecule has 0 bridgehead atoms. The molecule has 4 amide bonds. The number of halogens is 1. The number of ether oxygens (including phenoxy) is 2. The third-order valence-electron chi connectivity index (χ3n) is 10.8. The highest BCUT2D eigenvalue weighted by molar-refractivity contribution is 7.99. The minimum absolute atomic E-state index is 0.113. The molecule has 14 nitrogen and oxygen atoms in total. The highest BCUT2D eigenvalue weighted by Crippen LogP contribution is 2.39. The van der Waals surface area contributed by atoms with Gasteiger partial charge in [-0.1, -0.05) is 87.8 Å². The average Bonchev–Trinajstić information content (AvgIpc) is 4.04. The first-order valence-electron chi connectivity index (χ1n) is 19.2. The summed E-state index contributed by atoms with van der Waals surface area (Å²) in [5.74, 6) is 0.715. The Morgan fingerprint density at radius 3 is 1.88 bits per heavy atom. The molecule has 6 rings (SSSR count). The van der Waals surface area contributed by atoms with Gasteiger partial charge in [0.05, 0.1) is 38.2 Å². The number of rotatable bonds is 12. The van der Waals surface area contributed by atoms with Crippen molar-refractivity contribution in [2.24, 2.45) is 11.8 Å². The molecule has 304 valence electrons. The van der Waals surface area contributed by atoms with Gasteiger partial charge in [0.25, 0.3) is 0 Å². The molecule has 2 fully saturated rings. The lowest BCUT2D eigenvalue weighted by Gasteiger charge is -2.30. The number of methoxy groups -OCH3 is 2. The lowest BCUT2D eigenvalue weighted by Crippen LogP contribution is -2.51. The van der Waals surface area contributed by atoms with Crippen LogP contribution in [0.1, 0.15) is 70.7 Å². The van der Waals surface area contributed by atoms with Gasteiger partial charge < -0.3 is 39.9 Å². The Labute approximate surface area is 342 Å². The summed E-state index contributed by atoms with van der Waals surface area (Å²) in [4.78, 5) is 71.2. The number of aromatic amines is 2. The summed E-state index contributed by atoms with van der Waals surface area (Å²) in [5, 5.41) is 5.98. The van der Waals surface area contributed by atoms with E-state index < -0.39 is 24.3 Å². The van der Waals surface area contributed by atoms with Crippen molar-refractivity contribution in [2.75, 3.05) is 33.6 Å². The fourth-order valence-corrected chi connectivity index (χ4v) is 8.51. The van der Waals surface area contributed by atoms with E-state index in [-0.39, 0.29) is 41.0 Å². The van der Waals surface area contributed by atoms with E-state index in [2.05, 4.69) is 37.7 Å². The molecule has 0 radical (unpaired) electrons. The standard InChI is InChI=1S/C41H51ClN8O6S/c1-22(2)32(46-40(53)55-5)38(51)49-18-8-9-30(49)36-43-20-29(44-36)26-14-10-24(11-15-26)25-12-16-27(17-13-25)34-35(42)48-37(45-34)31-19-28(57-7)21-50(31)39(52)33(23(3)4)47-41(54)56-6/h10-17,20,22-23,28,30-33H,8-9,18-19,21H2,1-7H3,(H,43,44)(H,45,48)(H,46,53)(H,47,54)/t28-,30?,31-,32-,33-/m0/s1. The zero-order valence-electron chi connectivity index (χ0n) is 33.3. The third-order valence-corrected chi connectivity index (χ3v) is 12.1. The van der Waals surface area contributed by atoms with Crippen LogP contribution in [0.3, 0.4) is 0 Å². The first kappa shape index (κ1) is 41.6. The van der Waals surface area contributed by atoms with Crippen molar-refractivity contribution >= 4 is 47.4 Å². The summed E-state index contributed by atoms with van der Waals surface area (Å²) in [6.07, 6.45) is 4.84. The number of nitrogens with zero attached hydrogens (tertiary/aromatic N) is 4. The van der Waals surface area contributed by atoms with Gasteiger partial charge in [-0.15, -0.1) is 0 Å². The molecule has 0 aliphatic carbocycles. The molecule has 1 unspecified atom stereocenters. The number of carbonyl (C=O) groups excluding carboxylic acids is 4. The van der Waals surface area contributed by atoms with Crippen LogP contribution in [-0.2, 0) is 19.1 Å². The molecule has 4 N–H and O–H groups in total. The normalized spacial score (nSPS) is 19.2. The number of H-pyrrole nitrogens is 2. The first-order chi connectivity index (χ1) is 27.3. The van der Waals surface area contributed by atoms with Crippen molar-refractivity contribution in [1.29, 1.82) is 0 Å². The van der Waals surface area contributed by atoms with Crippen molar-refractivity contribution in [3.8, 4) is 33.6 Å². The minimum atomic E-state index is -0.744. The topological polar surface area (TPSA) is 175 Å². The number of amides is 4. The van der Waals surface area contributed by atoms with Crippen molar-refractivity contribution in [2.45, 2.75) is 76.4 Å². The molecule has 2 aromatic carbocycles. The van der Waals surface area contributed by atoms with E-state index in [0.717, 1.165) is 40.8 Å². The predicted molar refractivity (Wildman–Crippen MR) is 220 cm³/mol. The van der Waals surface area contributed by atoms with Gasteiger partial charge in [0, 0.05) is 23.9 Å². The van der Waals surface area contributed by atoms with Gasteiger partial charge in [0.15, 0.2) is 0 Å². The molecule has 2 saturated heterocycles. The molecule has 5 atom stereocenters. The van der Waals surface area contributed by atoms with Crippen LogP contribution in [0, 0.1) is 11.8 Å². The Morgan fingerprint density at radius 1 is 0.789 bits per heavy atom. The SMILES string of the molecule is COC(=O)N[C@H](C(=O)N1CCCC1c1ncc(-c2ccc(-c3ccc(-c4nc([C@@H]5C[C@H](SC)CN5C(=O)[C@@H](NC(=O)OC)C(C)C)[nH]c4Cl)cc3)cc2)[nH]1)C(C)C. The third kappa shape index (κ3) is 9.09. The smallest absolute Gasteiger partial charge is 0.407 e. The number of carbonyl (C=O) groups is 4. The summed E-state index contributed by atoms with van der Waals surface area (Å²) in [6.45, 7) is 8.67. The first-order valence-corrected chi connectivity index (χ1v) is 20.8. The molecular weight excluding hydrogens is 768 g/mol. The van der Waals surface area contributed by atoms with Crippen LogP contribution >= 0.6 is 23.4 Å². The molecule has 16 heteroatoms. The molecule has 0 saturated carbocycles. The molecule has 0 spiro atoms. The maximum atomic E-state index is 13.8. The summed E-state index contributed by atoms with van der Waals surface area (Å²) in [7, 11) is 2.57. The Kier molecular flexibility index (Phi) is 13.2. The highest BCUT2D eigenvalue weighted by atomic mass is 35.5. The number of thioether (sulfide) groups is 1. The highest BCUT2D eigenvalue weighted by Gasteiger charge is 2.42. The van der Waals surface area contributed by atoms with Gasteiger partial charge in [-0.05, 0) is 54.0 Å². The average molecular weight is 819 g/mol. The van der Waals surface area contributed by atoms with E-state index in [1.165, 1.54) is 14.2 Å². The van der Waals surface area contributed by atoms with E-state index in [0.29, 0.717) is 42.0 Å². The van der Waals surface area contributed by atoms with Crippen LogP contribution in [0.15, 0.2) is 54.7 Å². The van der Waals surface area contributed by atoms with Crippen molar-refractivity contribution in [3.63, 3.8) is 0 Å². The maximum Gasteiger partial charge on any atom is 0.407 e. The lowest BCUT2D eigenvalue weighted by molar-refractivity contribution is -0.136.